The van der Waals surface area contributed by atoms with Gasteiger partial charge in [0, 0.05) is 11.8 Å². The number of primary sulfonamides is 1. The third-order valence-electron chi connectivity index (χ3n) is 4.09. The number of halogens is 3. The summed E-state index contributed by atoms with van der Waals surface area (Å²) in [5, 5.41) is 17.4. The van der Waals surface area contributed by atoms with Crippen LogP contribution in [0.1, 0.15) is 15.9 Å². The van der Waals surface area contributed by atoms with E-state index in [2.05, 4.69) is 5.32 Å². The van der Waals surface area contributed by atoms with Crippen molar-refractivity contribution in [1.29, 1.82) is 0 Å². The first-order valence-electron chi connectivity index (χ1n) is 8.59. The summed E-state index contributed by atoms with van der Waals surface area (Å²) in [5.41, 5.74) is 0.802. The standard InChI is InChI=1S/C20H15Cl3N2O5S/c21-15-8-14(20(27)25-12-2-1-3-13(7-12)31(24,28)29)19(9-16(15)22)30-18-5-4-11(10-26)6-17(18)23/h1-9,26H,10H2,(H,25,27)(H2,24,28,29). The van der Waals surface area contributed by atoms with Crippen LogP contribution in [0.25, 0.3) is 0 Å². The van der Waals surface area contributed by atoms with Crippen molar-refractivity contribution in [2.75, 3.05) is 5.32 Å². The van der Waals surface area contributed by atoms with Crippen LogP contribution in [-0.2, 0) is 16.6 Å². The molecule has 0 atom stereocenters. The number of hydrogen-bond donors (Lipinski definition) is 3. The molecule has 1 amide bonds. The molecule has 0 saturated carbocycles. The van der Waals surface area contributed by atoms with Gasteiger partial charge in [0.15, 0.2) is 0 Å². The van der Waals surface area contributed by atoms with Crippen LogP contribution in [0.4, 0.5) is 5.69 Å². The maximum Gasteiger partial charge on any atom is 0.259 e. The smallest absolute Gasteiger partial charge is 0.259 e. The Bertz CT molecular complexity index is 1270. The van der Waals surface area contributed by atoms with Crippen molar-refractivity contribution in [3.05, 3.63) is 80.8 Å². The fourth-order valence-corrected chi connectivity index (χ4v) is 3.70. The average molecular weight is 502 g/mol. The summed E-state index contributed by atoms with van der Waals surface area (Å²) in [5.74, 6) is -0.348. The van der Waals surface area contributed by atoms with E-state index in [1.807, 2.05) is 0 Å². The van der Waals surface area contributed by atoms with Gasteiger partial charge in [-0.3, -0.25) is 4.79 Å². The molecule has 3 aromatic rings. The van der Waals surface area contributed by atoms with Gasteiger partial charge in [0.1, 0.15) is 11.5 Å². The monoisotopic (exact) mass is 500 g/mol. The number of benzene rings is 3. The van der Waals surface area contributed by atoms with Gasteiger partial charge >= 0.3 is 0 Å². The van der Waals surface area contributed by atoms with Gasteiger partial charge in [-0.05, 0) is 42.0 Å². The molecule has 162 valence electrons. The van der Waals surface area contributed by atoms with Gasteiger partial charge in [-0.2, -0.15) is 0 Å². The molecular formula is C20H15Cl3N2O5S. The molecule has 0 spiro atoms. The number of nitrogens with one attached hydrogen (secondary N) is 1. The molecule has 0 unspecified atom stereocenters. The summed E-state index contributed by atoms with van der Waals surface area (Å²) in [4.78, 5) is 12.7. The average Bonchev–Trinajstić information content (AvgIpc) is 2.71. The van der Waals surface area contributed by atoms with Crippen LogP contribution in [0.5, 0.6) is 11.5 Å². The number of anilines is 1. The molecule has 0 heterocycles. The van der Waals surface area contributed by atoms with E-state index >= 15 is 0 Å². The lowest BCUT2D eigenvalue weighted by Crippen LogP contribution is -2.15. The SMILES string of the molecule is NS(=O)(=O)c1cccc(NC(=O)c2cc(Cl)c(Cl)cc2Oc2ccc(CO)cc2Cl)c1. The molecule has 0 fully saturated rings. The molecule has 0 aliphatic carbocycles. The summed E-state index contributed by atoms with van der Waals surface area (Å²) >= 11 is 18.3. The number of carbonyl (C=O) groups is 1. The molecule has 31 heavy (non-hydrogen) atoms. The number of hydrogen-bond acceptors (Lipinski definition) is 5. The van der Waals surface area contributed by atoms with Gasteiger partial charge in [0.25, 0.3) is 5.91 Å². The molecule has 3 rings (SSSR count). The first-order chi connectivity index (χ1) is 14.6. The van der Waals surface area contributed by atoms with Crippen LogP contribution < -0.4 is 15.2 Å². The lowest BCUT2D eigenvalue weighted by atomic mass is 10.1. The second kappa shape index (κ2) is 9.44. The van der Waals surface area contributed by atoms with E-state index in [0.717, 1.165) is 0 Å². The van der Waals surface area contributed by atoms with Crippen LogP contribution in [0.3, 0.4) is 0 Å². The van der Waals surface area contributed by atoms with Gasteiger partial charge in [0.05, 0.1) is 32.1 Å². The number of nitrogens with two attached hydrogens (primary N) is 1. The van der Waals surface area contributed by atoms with E-state index in [1.165, 1.54) is 48.5 Å². The Morgan fingerprint density at radius 2 is 1.68 bits per heavy atom. The lowest BCUT2D eigenvalue weighted by molar-refractivity contribution is 0.102. The van der Waals surface area contributed by atoms with Gasteiger partial charge < -0.3 is 15.2 Å². The first kappa shape index (κ1) is 23.3. The topological polar surface area (TPSA) is 119 Å². The Morgan fingerprint density at radius 3 is 2.32 bits per heavy atom. The maximum absolute atomic E-state index is 12.9. The highest BCUT2D eigenvalue weighted by Crippen LogP contribution is 2.36. The highest BCUT2D eigenvalue weighted by Gasteiger charge is 2.19. The van der Waals surface area contributed by atoms with Crippen LogP contribution in [0.2, 0.25) is 15.1 Å². The third-order valence-corrected chi connectivity index (χ3v) is 6.01. The Balaban J connectivity index is 1.96. The van der Waals surface area contributed by atoms with Gasteiger partial charge in [0.2, 0.25) is 10.0 Å². The fraction of sp³-hybridized carbons (Fsp3) is 0.0500. The highest BCUT2D eigenvalue weighted by molar-refractivity contribution is 7.89. The Labute approximate surface area is 193 Å². The van der Waals surface area contributed by atoms with E-state index in [9.17, 15) is 18.3 Å². The van der Waals surface area contributed by atoms with Crippen molar-refractivity contribution in [3.63, 3.8) is 0 Å². The molecule has 0 radical (unpaired) electrons. The molecule has 3 aromatic carbocycles. The van der Waals surface area contributed by atoms with Crippen molar-refractivity contribution >= 4 is 56.4 Å². The molecule has 11 heteroatoms. The van der Waals surface area contributed by atoms with Crippen molar-refractivity contribution in [1.82, 2.24) is 0 Å². The largest absolute Gasteiger partial charge is 0.455 e. The first-order valence-corrected chi connectivity index (χ1v) is 11.3. The van der Waals surface area contributed by atoms with Crippen molar-refractivity contribution in [3.8, 4) is 11.5 Å². The fourth-order valence-electron chi connectivity index (χ4n) is 2.58. The molecule has 0 saturated heterocycles. The highest BCUT2D eigenvalue weighted by atomic mass is 35.5. The summed E-state index contributed by atoms with van der Waals surface area (Å²) in [6.45, 7) is -0.196. The van der Waals surface area contributed by atoms with E-state index in [1.54, 1.807) is 6.07 Å². The summed E-state index contributed by atoms with van der Waals surface area (Å²) in [6, 6.07) is 12.8. The lowest BCUT2D eigenvalue weighted by Gasteiger charge is -2.14. The minimum absolute atomic E-state index is 0.0257. The number of sulfonamides is 1. The molecular weight excluding hydrogens is 487 g/mol. The predicted octanol–water partition coefficient (Wildman–Crippen LogP) is 4.83. The molecule has 7 nitrogen and oxygen atoms in total. The van der Waals surface area contributed by atoms with Crippen LogP contribution in [-0.4, -0.2) is 19.4 Å². The molecule has 0 aromatic heterocycles. The molecule has 0 bridgehead atoms. The second-order valence-corrected chi connectivity index (χ2v) is 9.10. The number of aliphatic hydroxyl groups is 1. The van der Waals surface area contributed by atoms with Crippen molar-refractivity contribution < 1.29 is 23.1 Å². The number of aliphatic hydroxyl groups excluding tert-OH is 1. The zero-order valence-electron chi connectivity index (χ0n) is 15.6. The Morgan fingerprint density at radius 1 is 0.968 bits per heavy atom. The summed E-state index contributed by atoms with van der Waals surface area (Å²) < 4.78 is 28.9. The zero-order valence-corrected chi connectivity index (χ0v) is 18.7. The Kier molecular flexibility index (Phi) is 7.10. The van der Waals surface area contributed by atoms with Gasteiger partial charge in [-0.15, -0.1) is 0 Å². The minimum atomic E-state index is -3.94. The molecule has 0 aliphatic rings. The minimum Gasteiger partial charge on any atom is -0.455 e. The third kappa shape index (κ3) is 5.68. The normalized spacial score (nSPS) is 11.3. The summed E-state index contributed by atoms with van der Waals surface area (Å²) in [7, 11) is -3.94. The molecule has 0 aliphatic heterocycles. The summed E-state index contributed by atoms with van der Waals surface area (Å²) in [6.07, 6.45) is 0. The van der Waals surface area contributed by atoms with E-state index < -0.39 is 15.9 Å². The maximum atomic E-state index is 12.9. The van der Waals surface area contributed by atoms with Crippen LogP contribution in [0.15, 0.2) is 59.5 Å². The number of amides is 1. The molecule has 4 N–H and O–H groups in total. The predicted molar refractivity (Wildman–Crippen MR) is 120 cm³/mol. The van der Waals surface area contributed by atoms with Crippen molar-refractivity contribution in [2.24, 2.45) is 5.14 Å². The number of carbonyl (C=O) groups excluding carboxylic acids is 1. The van der Waals surface area contributed by atoms with Gasteiger partial charge in [-0.25, -0.2) is 13.6 Å². The number of ether oxygens (including phenoxy) is 1. The Hall–Kier alpha value is -2.33. The zero-order chi connectivity index (χ0) is 22.8. The van der Waals surface area contributed by atoms with Crippen LogP contribution in [0, 0.1) is 0 Å². The van der Waals surface area contributed by atoms with Crippen LogP contribution >= 0.6 is 34.8 Å². The van der Waals surface area contributed by atoms with E-state index in [0.29, 0.717) is 5.56 Å². The van der Waals surface area contributed by atoms with E-state index in [4.69, 9.17) is 44.7 Å². The number of rotatable bonds is 6. The second-order valence-electron chi connectivity index (χ2n) is 6.31. The van der Waals surface area contributed by atoms with Gasteiger partial charge in [-0.1, -0.05) is 46.9 Å². The quantitative estimate of drug-likeness (QED) is 0.447. The van der Waals surface area contributed by atoms with Crippen molar-refractivity contribution in [2.45, 2.75) is 11.5 Å². The van der Waals surface area contributed by atoms with E-state index in [-0.39, 0.29) is 49.3 Å².